The Bertz CT molecular complexity index is 520. The summed E-state index contributed by atoms with van der Waals surface area (Å²) in [6.45, 7) is 2.55. The van der Waals surface area contributed by atoms with Gasteiger partial charge in [0.25, 0.3) is 0 Å². The van der Waals surface area contributed by atoms with Gasteiger partial charge in [-0.05, 0) is 18.6 Å². The van der Waals surface area contributed by atoms with Gasteiger partial charge >= 0.3 is 0 Å². The van der Waals surface area contributed by atoms with Crippen LogP contribution in [0.5, 0.6) is 0 Å². The summed E-state index contributed by atoms with van der Waals surface area (Å²) in [4.78, 5) is 11.6. The molecule has 5 nitrogen and oxygen atoms in total. The van der Waals surface area contributed by atoms with Crippen LogP contribution >= 0.6 is 0 Å². The average Bonchev–Trinajstić information content (AvgIpc) is 2.80. The number of carbonyl (C=O) groups is 1. The number of amides is 1. The molecule has 0 aliphatic rings. The normalized spacial score (nSPS) is 10.7. The van der Waals surface area contributed by atoms with Crippen LogP contribution in [0.25, 0.3) is 5.65 Å². The van der Waals surface area contributed by atoms with Crippen LogP contribution in [-0.4, -0.2) is 20.5 Å². The largest absolute Gasteiger partial charge is 0.349 e. The van der Waals surface area contributed by atoms with E-state index in [1.54, 1.807) is 0 Å². The van der Waals surface area contributed by atoms with Crippen LogP contribution in [0.2, 0.25) is 0 Å². The molecule has 0 saturated carbocycles. The lowest BCUT2D eigenvalue weighted by Gasteiger charge is -2.03. The quantitative estimate of drug-likeness (QED) is 0.792. The maximum Gasteiger partial charge on any atom is 0.220 e. The zero-order chi connectivity index (χ0) is 12.8. The molecule has 1 amide bonds. The van der Waals surface area contributed by atoms with Crippen molar-refractivity contribution in [1.29, 1.82) is 0 Å². The summed E-state index contributed by atoms with van der Waals surface area (Å²) < 4.78 is 1.88. The van der Waals surface area contributed by atoms with Crippen molar-refractivity contribution in [3.63, 3.8) is 0 Å². The fourth-order valence-corrected chi connectivity index (χ4v) is 1.81. The molecule has 0 fully saturated rings. The molecule has 2 rings (SSSR count). The van der Waals surface area contributed by atoms with E-state index in [0.29, 0.717) is 13.0 Å². The van der Waals surface area contributed by atoms with Crippen molar-refractivity contribution in [2.45, 2.75) is 39.2 Å². The van der Waals surface area contributed by atoms with Gasteiger partial charge in [0.1, 0.15) is 0 Å². The summed E-state index contributed by atoms with van der Waals surface area (Å²) in [5.74, 6) is 0.838. The van der Waals surface area contributed by atoms with Crippen molar-refractivity contribution in [2.75, 3.05) is 0 Å². The Morgan fingerprint density at radius 1 is 1.33 bits per heavy atom. The average molecular weight is 246 g/mol. The molecule has 0 unspecified atom stereocenters. The maximum absolute atomic E-state index is 11.6. The van der Waals surface area contributed by atoms with E-state index in [4.69, 9.17) is 0 Å². The standard InChI is InChI=1S/C13H18N4O/c1-2-3-4-8-13(18)14-10-12-16-15-11-7-5-6-9-17(11)12/h5-7,9H,2-4,8,10H2,1H3,(H,14,18). The van der Waals surface area contributed by atoms with Gasteiger partial charge in [-0.25, -0.2) is 0 Å². The number of hydrogen-bond donors (Lipinski definition) is 1. The molecule has 5 heteroatoms. The Kier molecular flexibility index (Phi) is 4.28. The third-order valence-electron chi connectivity index (χ3n) is 2.84. The number of nitrogens with zero attached hydrogens (tertiary/aromatic N) is 3. The predicted molar refractivity (Wildman–Crippen MR) is 69.0 cm³/mol. The van der Waals surface area contributed by atoms with Crippen molar-refractivity contribution in [3.8, 4) is 0 Å². The lowest BCUT2D eigenvalue weighted by molar-refractivity contribution is -0.121. The second-order valence-electron chi connectivity index (χ2n) is 4.28. The van der Waals surface area contributed by atoms with Crippen LogP contribution in [0, 0.1) is 0 Å². The third-order valence-corrected chi connectivity index (χ3v) is 2.84. The van der Waals surface area contributed by atoms with Gasteiger partial charge in [0.15, 0.2) is 11.5 Å². The molecule has 0 aromatic carbocycles. The molecular weight excluding hydrogens is 228 g/mol. The van der Waals surface area contributed by atoms with E-state index in [0.717, 1.165) is 30.7 Å². The number of carbonyl (C=O) groups excluding carboxylic acids is 1. The number of nitrogens with one attached hydrogen (secondary N) is 1. The topological polar surface area (TPSA) is 59.3 Å². The van der Waals surface area contributed by atoms with E-state index < -0.39 is 0 Å². The van der Waals surface area contributed by atoms with Crippen LogP contribution in [-0.2, 0) is 11.3 Å². The smallest absolute Gasteiger partial charge is 0.220 e. The van der Waals surface area contributed by atoms with Crippen molar-refractivity contribution in [2.24, 2.45) is 0 Å². The molecule has 1 N–H and O–H groups in total. The Balaban J connectivity index is 1.88. The van der Waals surface area contributed by atoms with Crippen LogP contribution in [0.1, 0.15) is 38.4 Å². The Morgan fingerprint density at radius 3 is 3.06 bits per heavy atom. The van der Waals surface area contributed by atoms with Gasteiger partial charge in [-0.1, -0.05) is 25.8 Å². The summed E-state index contributed by atoms with van der Waals surface area (Å²) in [6, 6.07) is 5.72. The number of aromatic nitrogens is 3. The summed E-state index contributed by atoms with van der Waals surface area (Å²) in [5, 5.41) is 11.0. The molecule has 0 spiro atoms. The van der Waals surface area contributed by atoms with Crippen molar-refractivity contribution in [3.05, 3.63) is 30.2 Å². The second-order valence-corrected chi connectivity index (χ2v) is 4.28. The van der Waals surface area contributed by atoms with Gasteiger partial charge in [-0.3, -0.25) is 9.20 Å². The number of rotatable bonds is 6. The van der Waals surface area contributed by atoms with Gasteiger partial charge in [0.05, 0.1) is 6.54 Å². The minimum atomic E-state index is 0.0798. The minimum Gasteiger partial charge on any atom is -0.349 e. The lowest BCUT2D eigenvalue weighted by Crippen LogP contribution is -2.23. The van der Waals surface area contributed by atoms with E-state index in [1.165, 1.54) is 0 Å². The molecule has 2 aromatic rings. The predicted octanol–water partition coefficient (Wildman–Crippen LogP) is 1.93. The van der Waals surface area contributed by atoms with E-state index in [9.17, 15) is 4.79 Å². The summed E-state index contributed by atoms with van der Waals surface area (Å²) in [5.41, 5.74) is 0.799. The molecule has 18 heavy (non-hydrogen) atoms. The summed E-state index contributed by atoms with van der Waals surface area (Å²) >= 11 is 0. The molecular formula is C13H18N4O. The van der Waals surface area contributed by atoms with E-state index in [1.807, 2.05) is 28.8 Å². The van der Waals surface area contributed by atoms with Gasteiger partial charge in [-0.15, -0.1) is 10.2 Å². The lowest BCUT2D eigenvalue weighted by atomic mass is 10.2. The fraction of sp³-hybridized carbons (Fsp3) is 0.462. The van der Waals surface area contributed by atoms with Crippen LogP contribution in [0.4, 0.5) is 0 Å². The van der Waals surface area contributed by atoms with E-state index in [-0.39, 0.29) is 5.91 Å². The monoisotopic (exact) mass is 246 g/mol. The highest BCUT2D eigenvalue weighted by molar-refractivity contribution is 5.75. The second kappa shape index (κ2) is 6.14. The van der Waals surface area contributed by atoms with Gasteiger partial charge in [0, 0.05) is 12.6 Å². The van der Waals surface area contributed by atoms with E-state index >= 15 is 0 Å². The van der Waals surface area contributed by atoms with Gasteiger partial charge in [-0.2, -0.15) is 0 Å². The molecule has 0 aliphatic carbocycles. The molecule has 2 aromatic heterocycles. The highest BCUT2D eigenvalue weighted by Crippen LogP contribution is 2.03. The first-order chi connectivity index (χ1) is 8.81. The molecule has 96 valence electrons. The van der Waals surface area contributed by atoms with Crippen LogP contribution < -0.4 is 5.32 Å². The van der Waals surface area contributed by atoms with Gasteiger partial charge < -0.3 is 5.32 Å². The minimum absolute atomic E-state index is 0.0798. The van der Waals surface area contributed by atoms with Crippen LogP contribution in [0.15, 0.2) is 24.4 Å². The number of unbranched alkanes of at least 4 members (excludes halogenated alkanes) is 2. The van der Waals surface area contributed by atoms with Crippen molar-refractivity contribution >= 4 is 11.6 Å². The Hall–Kier alpha value is -1.91. The van der Waals surface area contributed by atoms with Crippen molar-refractivity contribution < 1.29 is 4.79 Å². The highest BCUT2D eigenvalue weighted by atomic mass is 16.1. The van der Waals surface area contributed by atoms with Crippen LogP contribution in [0.3, 0.4) is 0 Å². The molecule has 0 radical (unpaired) electrons. The SMILES string of the molecule is CCCCCC(=O)NCc1nnc2ccccn12. The number of hydrogen-bond acceptors (Lipinski definition) is 3. The first-order valence-corrected chi connectivity index (χ1v) is 6.36. The molecule has 0 atom stereocenters. The number of fused-ring (bicyclic) bond motifs is 1. The molecule has 2 heterocycles. The first kappa shape index (κ1) is 12.5. The summed E-state index contributed by atoms with van der Waals surface area (Å²) in [7, 11) is 0. The van der Waals surface area contributed by atoms with Gasteiger partial charge in [0.2, 0.25) is 5.91 Å². The Labute approximate surface area is 106 Å². The van der Waals surface area contributed by atoms with Crippen molar-refractivity contribution in [1.82, 2.24) is 19.9 Å². The van der Waals surface area contributed by atoms with E-state index in [2.05, 4.69) is 22.4 Å². The maximum atomic E-state index is 11.6. The third kappa shape index (κ3) is 3.06. The molecule has 0 bridgehead atoms. The first-order valence-electron chi connectivity index (χ1n) is 6.36. The summed E-state index contributed by atoms with van der Waals surface area (Å²) in [6.07, 6.45) is 5.66. The number of pyridine rings is 1. The fourth-order valence-electron chi connectivity index (χ4n) is 1.81. The zero-order valence-electron chi connectivity index (χ0n) is 10.6. The molecule has 0 aliphatic heterocycles. The highest BCUT2D eigenvalue weighted by Gasteiger charge is 2.06. The zero-order valence-corrected chi connectivity index (χ0v) is 10.6. The molecule has 0 saturated heterocycles. The Morgan fingerprint density at radius 2 is 2.22 bits per heavy atom.